The molecule has 4 aliphatic rings. The molecule has 6 unspecified atom stereocenters. The number of carbonyl (C=O) groups excluding carboxylic acids is 2. The van der Waals surface area contributed by atoms with Crippen LogP contribution in [-0.4, -0.2) is 43.1 Å². The van der Waals surface area contributed by atoms with Gasteiger partial charge < -0.3 is 18.9 Å². The van der Waals surface area contributed by atoms with Gasteiger partial charge in [0.05, 0.1) is 36.3 Å². The van der Waals surface area contributed by atoms with Crippen molar-refractivity contribution in [2.24, 2.45) is 11.8 Å². The van der Waals surface area contributed by atoms with Crippen LogP contribution >= 0.6 is 0 Å². The van der Waals surface area contributed by atoms with Crippen LogP contribution in [0.5, 0.6) is 0 Å². The minimum atomic E-state index is -0.272. The summed E-state index contributed by atoms with van der Waals surface area (Å²) < 4.78 is 20.9. The van der Waals surface area contributed by atoms with E-state index in [1.165, 1.54) is 0 Å². The minimum absolute atomic E-state index is 0.109. The van der Waals surface area contributed by atoms with Crippen LogP contribution in [0.25, 0.3) is 0 Å². The minimum Gasteiger partial charge on any atom is -0.428 e. The van der Waals surface area contributed by atoms with E-state index in [2.05, 4.69) is 0 Å². The SMILES string of the molecule is O=C(OCOC(=O)C1CCC2OC2C1)C1CCC2OC2C1. The molecule has 6 atom stereocenters. The molecule has 2 saturated heterocycles. The highest BCUT2D eigenvalue weighted by atomic mass is 16.7. The maximum Gasteiger partial charge on any atom is 0.311 e. The molecule has 2 aliphatic heterocycles. The number of rotatable bonds is 4. The summed E-state index contributed by atoms with van der Waals surface area (Å²) in [5.74, 6) is -0.762. The zero-order valence-electron chi connectivity index (χ0n) is 11.9. The molecule has 2 aliphatic carbocycles. The Kier molecular flexibility index (Phi) is 3.38. The quantitative estimate of drug-likeness (QED) is 0.440. The summed E-state index contributed by atoms with van der Waals surface area (Å²) in [5, 5.41) is 0. The molecule has 2 heterocycles. The van der Waals surface area contributed by atoms with E-state index in [1.54, 1.807) is 0 Å². The highest BCUT2D eigenvalue weighted by Crippen LogP contribution is 2.40. The van der Waals surface area contributed by atoms with Gasteiger partial charge in [0.2, 0.25) is 6.79 Å². The smallest absolute Gasteiger partial charge is 0.311 e. The lowest BCUT2D eigenvalue weighted by Crippen LogP contribution is -2.27. The number of fused-ring (bicyclic) bond motifs is 2. The van der Waals surface area contributed by atoms with Crippen LogP contribution in [0.15, 0.2) is 0 Å². The van der Waals surface area contributed by atoms with Gasteiger partial charge in [-0.15, -0.1) is 0 Å². The molecule has 116 valence electrons. The van der Waals surface area contributed by atoms with E-state index < -0.39 is 0 Å². The first-order valence-electron chi connectivity index (χ1n) is 7.85. The Balaban J connectivity index is 1.16. The number of hydrogen-bond acceptors (Lipinski definition) is 6. The van der Waals surface area contributed by atoms with Gasteiger partial charge in [-0.05, 0) is 38.5 Å². The molecule has 0 amide bonds. The van der Waals surface area contributed by atoms with Crippen LogP contribution in [-0.2, 0) is 28.5 Å². The van der Waals surface area contributed by atoms with Crippen molar-refractivity contribution in [3.63, 3.8) is 0 Å². The number of carbonyl (C=O) groups is 2. The van der Waals surface area contributed by atoms with Crippen LogP contribution in [0.3, 0.4) is 0 Å². The maximum absolute atomic E-state index is 11.9. The van der Waals surface area contributed by atoms with Crippen molar-refractivity contribution in [1.29, 1.82) is 0 Å². The van der Waals surface area contributed by atoms with Crippen LogP contribution in [0.2, 0.25) is 0 Å². The first-order chi connectivity index (χ1) is 10.2. The fraction of sp³-hybridized carbons (Fsp3) is 0.867. The van der Waals surface area contributed by atoms with E-state index in [9.17, 15) is 9.59 Å². The number of ether oxygens (including phenoxy) is 4. The predicted octanol–water partition coefficient (Wildman–Crippen LogP) is 1.17. The third-order valence-electron chi connectivity index (χ3n) is 5.08. The molecule has 6 nitrogen and oxygen atoms in total. The molecule has 0 aromatic carbocycles. The fourth-order valence-electron chi connectivity index (χ4n) is 3.62. The Morgan fingerprint density at radius 3 is 1.67 bits per heavy atom. The first-order valence-corrected chi connectivity index (χ1v) is 7.85. The zero-order chi connectivity index (χ0) is 14.4. The molecule has 0 radical (unpaired) electrons. The second-order valence-electron chi connectivity index (χ2n) is 6.49. The van der Waals surface area contributed by atoms with E-state index in [0.29, 0.717) is 12.2 Å². The third kappa shape index (κ3) is 2.92. The normalized spacial score (nSPS) is 43.2. The standard InChI is InChI=1S/C15H20O6/c16-14(8-1-3-10-12(5-8)20-10)18-7-19-15(17)9-2-4-11-13(6-9)21-11/h8-13H,1-7H2. The molecule has 0 bridgehead atoms. The van der Waals surface area contributed by atoms with E-state index in [-0.39, 0.29) is 42.8 Å². The summed E-state index contributed by atoms with van der Waals surface area (Å²) in [6.45, 7) is -0.269. The fourth-order valence-corrected chi connectivity index (χ4v) is 3.62. The average molecular weight is 296 g/mol. The summed E-state index contributed by atoms with van der Waals surface area (Å²) in [5.41, 5.74) is 0. The Hall–Kier alpha value is -1.14. The molecule has 21 heavy (non-hydrogen) atoms. The Morgan fingerprint density at radius 1 is 0.762 bits per heavy atom. The third-order valence-corrected chi connectivity index (χ3v) is 5.08. The van der Waals surface area contributed by atoms with Gasteiger partial charge in [0.15, 0.2) is 0 Å². The molecule has 0 aromatic rings. The van der Waals surface area contributed by atoms with Gasteiger partial charge >= 0.3 is 11.9 Å². The van der Waals surface area contributed by atoms with Crippen molar-refractivity contribution in [2.45, 2.75) is 62.9 Å². The number of hydrogen-bond donors (Lipinski definition) is 0. The van der Waals surface area contributed by atoms with Crippen molar-refractivity contribution >= 4 is 11.9 Å². The van der Waals surface area contributed by atoms with Crippen LogP contribution in [0.1, 0.15) is 38.5 Å². The van der Waals surface area contributed by atoms with Crippen LogP contribution in [0, 0.1) is 11.8 Å². The largest absolute Gasteiger partial charge is 0.428 e. The van der Waals surface area contributed by atoms with Gasteiger partial charge in [0, 0.05) is 0 Å². The molecule has 6 heteroatoms. The highest BCUT2D eigenvalue weighted by molar-refractivity contribution is 5.74. The summed E-state index contributed by atoms with van der Waals surface area (Å²) >= 11 is 0. The molecular formula is C15H20O6. The zero-order valence-corrected chi connectivity index (χ0v) is 11.9. The molecule has 2 saturated carbocycles. The number of esters is 2. The molecule has 0 N–H and O–H groups in total. The molecule has 0 spiro atoms. The van der Waals surface area contributed by atoms with Gasteiger partial charge in [0.1, 0.15) is 0 Å². The average Bonchev–Trinajstić information content (AvgIpc) is 3.38. The lowest BCUT2D eigenvalue weighted by atomic mass is 9.89. The Bertz CT molecular complexity index is 409. The number of epoxide rings is 2. The van der Waals surface area contributed by atoms with Gasteiger partial charge in [-0.3, -0.25) is 9.59 Å². The summed E-state index contributed by atoms with van der Waals surface area (Å²) in [7, 11) is 0. The monoisotopic (exact) mass is 296 g/mol. The topological polar surface area (TPSA) is 77.7 Å². The van der Waals surface area contributed by atoms with E-state index in [1.807, 2.05) is 0 Å². The van der Waals surface area contributed by atoms with Crippen molar-refractivity contribution < 1.29 is 28.5 Å². The molecule has 4 fully saturated rings. The van der Waals surface area contributed by atoms with Crippen molar-refractivity contribution in [3.05, 3.63) is 0 Å². The van der Waals surface area contributed by atoms with Gasteiger partial charge in [-0.25, -0.2) is 0 Å². The van der Waals surface area contributed by atoms with E-state index >= 15 is 0 Å². The molecule has 4 rings (SSSR count). The van der Waals surface area contributed by atoms with Crippen molar-refractivity contribution in [1.82, 2.24) is 0 Å². The lowest BCUT2D eigenvalue weighted by Gasteiger charge is -2.19. The van der Waals surface area contributed by atoms with E-state index in [4.69, 9.17) is 18.9 Å². The van der Waals surface area contributed by atoms with Gasteiger partial charge in [-0.2, -0.15) is 0 Å². The predicted molar refractivity (Wildman–Crippen MR) is 69.1 cm³/mol. The maximum atomic E-state index is 11.9. The summed E-state index contributed by atoms with van der Waals surface area (Å²) in [4.78, 5) is 23.8. The summed E-state index contributed by atoms with van der Waals surface area (Å²) in [6.07, 6.45) is 6.15. The highest BCUT2D eigenvalue weighted by Gasteiger charge is 2.47. The van der Waals surface area contributed by atoms with E-state index in [0.717, 1.165) is 38.5 Å². The van der Waals surface area contributed by atoms with Crippen LogP contribution in [0.4, 0.5) is 0 Å². The first kappa shape index (κ1) is 13.5. The summed E-state index contributed by atoms with van der Waals surface area (Å²) in [6, 6.07) is 0. The van der Waals surface area contributed by atoms with Crippen molar-refractivity contribution in [3.8, 4) is 0 Å². The van der Waals surface area contributed by atoms with Gasteiger partial charge in [0.25, 0.3) is 0 Å². The molecular weight excluding hydrogens is 276 g/mol. The van der Waals surface area contributed by atoms with Crippen LogP contribution < -0.4 is 0 Å². The van der Waals surface area contributed by atoms with Crippen molar-refractivity contribution in [2.75, 3.05) is 6.79 Å². The second kappa shape index (κ2) is 5.25. The lowest BCUT2D eigenvalue weighted by molar-refractivity contribution is -0.173. The Morgan fingerprint density at radius 2 is 1.24 bits per heavy atom. The Labute approximate surface area is 123 Å². The second-order valence-corrected chi connectivity index (χ2v) is 6.49. The van der Waals surface area contributed by atoms with Gasteiger partial charge in [-0.1, -0.05) is 0 Å². The molecule has 0 aromatic heterocycles.